The van der Waals surface area contributed by atoms with Crippen LogP contribution in [0.5, 0.6) is 0 Å². The van der Waals surface area contributed by atoms with Crippen molar-refractivity contribution in [3.8, 4) is 12.8 Å². The number of carbonyl (C=O) groups is 3. The molecule has 2 atom stereocenters. The van der Waals surface area contributed by atoms with Crippen LogP contribution in [0.25, 0.3) is 0 Å². The van der Waals surface area contributed by atoms with Crippen LogP contribution in [-0.2, 0) is 20.8 Å². The van der Waals surface area contributed by atoms with E-state index in [4.69, 9.17) is 11.5 Å². The van der Waals surface area contributed by atoms with Gasteiger partial charge in [-0.3, -0.25) is 14.4 Å². The zero-order valence-electron chi connectivity index (χ0n) is 31.7. The lowest BCUT2D eigenvalue weighted by molar-refractivity contribution is -0.137. The number of terminal acetylenes is 1. The van der Waals surface area contributed by atoms with Crippen LogP contribution in [0.3, 0.4) is 0 Å². The van der Waals surface area contributed by atoms with Crippen LogP contribution in [-0.4, -0.2) is 59.9 Å². The first-order chi connectivity index (χ1) is 22.5. The number of hydrogen-bond acceptors (Lipinski definition) is 6. The summed E-state index contributed by atoms with van der Waals surface area (Å²) in [5.41, 5.74) is 13.3. The largest absolute Gasteiger partial charge is 0.385 e. The number of allylic oxidation sites excluding steroid dienone is 4. The average molecular weight is 667 g/mol. The van der Waals surface area contributed by atoms with E-state index in [2.05, 4.69) is 61.7 Å². The van der Waals surface area contributed by atoms with Crippen LogP contribution in [0.4, 0.5) is 0 Å². The van der Waals surface area contributed by atoms with Crippen LogP contribution in [0, 0.1) is 18.8 Å². The second-order valence-corrected chi connectivity index (χ2v) is 12.8. The molecule has 9 nitrogen and oxygen atoms in total. The number of nitrogens with two attached hydrogens (primary N) is 2. The first kappa shape index (κ1) is 46.2. The van der Waals surface area contributed by atoms with Gasteiger partial charge in [0.05, 0.1) is 11.4 Å². The number of aryl methyl sites for hydroxylation is 1. The van der Waals surface area contributed by atoms with E-state index in [0.717, 1.165) is 50.3 Å². The Balaban J connectivity index is 0. The number of rotatable bonds is 12. The van der Waals surface area contributed by atoms with E-state index in [1.807, 2.05) is 70.0 Å². The summed E-state index contributed by atoms with van der Waals surface area (Å²) in [6, 6.07) is 9.31. The van der Waals surface area contributed by atoms with Crippen molar-refractivity contribution in [2.45, 2.75) is 118 Å². The van der Waals surface area contributed by atoms with Crippen molar-refractivity contribution in [2.75, 3.05) is 20.1 Å². The number of likely N-dealkylation sites (tertiary alicyclic amines) is 1. The van der Waals surface area contributed by atoms with E-state index in [1.165, 1.54) is 11.1 Å². The summed E-state index contributed by atoms with van der Waals surface area (Å²) in [5.74, 6) is 0.483. The van der Waals surface area contributed by atoms with Gasteiger partial charge < -0.3 is 32.3 Å². The van der Waals surface area contributed by atoms with Gasteiger partial charge in [0.15, 0.2) is 0 Å². The molecule has 1 aliphatic rings. The minimum absolute atomic E-state index is 0.197. The Kier molecular flexibility index (Phi) is 23.4. The summed E-state index contributed by atoms with van der Waals surface area (Å²) in [5, 5.41) is 8.51. The van der Waals surface area contributed by atoms with Crippen molar-refractivity contribution in [1.82, 2.24) is 20.9 Å². The fraction of sp³-hybridized carbons (Fsp3) is 0.564. The molecule has 0 spiro atoms. The molecule has 1 aromatic rings. The van der Waals surface area contributed by atoms with Gasteiger partial charge >= 0.3 is 0 Å². The van der Waals surface area contributed by atoms with Gasteiger partial charge in [0.2, 0.25) is 17.7 Å². The molecule has 2 rings (SSSR count). The van der Waals surface area contributed by atoms with E-state index in [9.17, 15) is 14.4 Å². The summed E-state index contributed by atoms with van der Waals surface area (Å²) in [6.07, 6.45) is 18.0. The maximum Gasteiger partial charge on any atom is 0.248 e. The Labute approximate surface area is 292 Å². The number of hydrogen-bond donors (Lipinski definition) is 5. The standard InChI is InChI=1S/C18H28N4O2.C17H30N2O.C2H6.C2H2/c1-4-15(19)22-16(23)14(21-17(24)18(2,3)20)12-8-11-13-9-6-5-7-10-13;1-13(2)7-8-15(4)17(5,18-6)16(20)19-11-9-14(3)10-12-19;2*1-2/h4-7,9-10,14H,8,11-12,19-20H2,1-3H3,(H,21,24)(H,22,23);7-8,14,18H,9-12H2,1-6H3;1-2H3;1-2H/b;15-8+;;. The lowest BCUT2D eigenvalue weighted by Gasteiger charge is -2.38. The van der Waals surface area contributed by atoms with Gasteiger partial charge in [-0.15, -0.1) is 12.8 Å². The molecule has 0 aliphatic carbocycles. The fourth-order valence-corrected chi connectivity index (χ4v) is 4.53. The molecule has 1 aliphatic heterocycles. The third-order valence-electron chi connectivity index (χ3n) is 8.04. The molecule has 7 N–H and O–H groups in total. The number of nitrogens with one attached hydrogen (secondary N) is 3. The minimum atomic E-state index is -1.05. The van der Waals surface area contributed by atoms with Crippen molar-refractivity contribution in [2.24, 2.45) is 17.4 Å². The van der Waals surface area contributed by atoms with Crippen molar-refractivity contribution >= 4 is 17.7 Å². The molecule has 48 heavy (non-hydrogen) atoms. The molecule has 1 heterocycles. The maximum atomic E-state index is 12.8. The topological polar surface area (TPSA) is 143 Å². The zero-order valence-corrected chi connectivity index (χ0v) is 31.7. The Morgan fingerprint density at radius 2 is 1.56 bits per heavy atom. The summed E-state index contributed by atoms with van der Waals surface area (Å²) in [4.78, 5) is 39.3. The molecule has 1 fully saturated rings. The molecule has 9 heteroatoms. The Bertz CT molecular complexity index is 1200. The molecule has 0 aromatic heterocycles. The maximum absolute atomic E-state index is 12.8. The van der Waals surface area contributed by atoms with Crippen LogP contribution < -0.4 is 27.4 Å². The molecule has 3 amide bonds. The van der Waals surface area contributed by atoms with E-state index in [1.54, 1.807) is 26.8 Å². The van der Waals surface area contributed by atoms with Gasteiger partial charge in [-0.25, -0.2) is 0 Å². The molecule has 0 bridgehead atoms. The van der Waals surface area contributed by atoms with E-state index in [0.29, 0.717) is 6.42 Å². The van der Waals surface area contributed by atoms with Crippen molar-refractivity contribution in [1.29, 1.82) is 0 Å². The quantitative estimate of drug-likeness (QED) is 0.146. The number of likely N-dealkylation sites (N-methyl/N-ethyl adjacent to an activating group) is 1. The van der Waals surface area contributed by atoms with Crippen molar-refractivity contribution < 1.29 is 14.4 Å². The number of nitrogens with zero attached hydrogens (tertiary/aromatic N) is 1. The fourth-order valence-electron chi connectivity index (χ4n) is 4.53. The highest BCUT2D eigenvalue weighted by Crippen LogP contribution is 2.24. The number of benzene rings is 1. The molecule has 1 aromatic carbocycles. The van der Waals surface area contributed by atoms with Gasteiger partial charge in [-0.2, -0.15) is 0 Å². The lowest BCUT2D eigenvalue weighted by Crippen LogP contribution is -2.57. The highest BCUT2D eigenvalue weighted by molar-refractivity contribution is 5.92. The normalized spacial score (nSPS) is 15.3. The molecule has 1 saturated heterocycles. The Morgan fingerprint density at radius 3 is 2.02 bits per heavy atom. The first-order valence-electron chi connectivity index (χ1n) is 17.0. The summed E-state index contributed by atoms with van der Waals surface area (Å²) >= 11 is 0. The molecule has 0 saturated carbocycles. The van der Waals surface area contributed by atoms with Gasteiger partial charge in [0.1, 0.15) is 11.6 Å². The molecule has 2 unspecified atom stereocenters. The van der Waals surface area contributed by atoms with E-state index >= 15 is 0 Å². The third-order valence-corrected chi connectivity index (χ3v) is 8.04. The Hall–Kier alpha value is -3.87. The van der Waals surface area contributed by atoms with Crippen LogP contribution in [0.2, 0.25) is 0 Å². The first-order valence-corrected chi connectivity index (χ1v) is 17.0. The predicted molar refractivity (Wildman–Crippen MR) is 203 cm³/mol. The van der Waals surface area contributed by atoms with Crippen LogP contribution in [0.1, 0.15) is 100 Å². The van der Waals surface area contributed by atoms with Crippen LogP contribution in [0.15, 0.2) is 65.5 Å². The van der Waals surface area contributed by atoms with Crippen LogP contribution >= 0.6 is 0 Å². The van der Waals surface area contributed by atoms with Gasteiger partial charge in [0, 0.05) is 13.1 Å². The predicted octanol–water partition coefficient (Wildman–Crippen LogP) is 5.58. The number of amides is 3. The third kappa shape index (κ3) is 17.3. The highest BCUT2D eigenvalue weighted by Gasteiger charge is 2.37. The van der Waals surface area contributed by atoms with Gasteiger partial charge in [-0.05, 0) is 111 Å². The Morgan fingerprint density at radius 1 is 1.02 bits per heavy atom. The minimum Gasteiger partial charge on any atom is -0.385 e. The lowest BCUT2D eigenvalue weighted by atomic mass is 9.89. The number of carbonyl (C=O) groups excluding carboxylic acids is 3. The molecular weight excluding hydrogens is 600 g/mol. The van der Waals surface area contributed by atoms with Gasteiger partial charge in [0.25, 0.3) is 0 Å². The summed E-state index contributed by atoms with van der Waals surface area (Å²) in [6.45, 7) is 21.1. The number of piperidine rings is 1. The highest BCUT2D eigenvalue weighted by atomic mass is 16.2. The summed E-state index contributed by atoms with van der Waals surface area (Å²) < 4.78 is 0. The molecular formula is C39H66N6O3. The van der Waals surface area contributed by atoms with Crippen molar-refractivity contribution in [3.05, 3.63) is 71.1 Å². The van der Waals surface area contributed by atoms with E-state index < -0.39 is 17.1 Å². The second-order valence-electron chi connectivity index (χ2n) is 12.8. The molecule has 0 radical (unpaired) electrons. The molecule has 270 valence electrons. The second kappa shape index (κ2) is 24.3. The van der Waals surface area contributed by atoms with Crippen molar-refractivity contribution in [3.63, 3.8) is 0 Å². The zero-order chi connectivity index (χ0) is 37.5. The van der Waals surface area contributed by atoms with E-state index in [-0.39, 0.29) is 23.5 Å². The van der Waals surface area contributed by atoms with Gasteiger partial charge in [-0.1, -0.05) is 68.8 Å². The SMILES string of the molecule is C#C.CC.CC=C(N)NC(=O)C(CCCc1ccccc1)NC(=O)C(C)(C)N.CNC(C)(C(=O)N1CCC(C)CC1)/C(C)=C/C=C(C)C. The monoisotopic (exact) mass is 667 g/mol. The average Bonchev–Trinajstić information content (AvgIpc) is 3.08. The summed E-state index contributed by atoms with van der Waals surface area (Å²) in [7, 11) is 1.87. The smallest absolute Gasteiger partial charge is 0.248 e.